The Balaban J connectivity index is 1.85. The Kier molecular flexibility index (Phi) is 3.22. The summed E-state index contributed by atoms with van der Waals surface area (Å²) in [5.74, 6) is 0.947. The zero-order chi connectivity index (χ0) is 12.5. The largest absolute Gasteiger partial charge is 0.442 e. The second-order valence-corrected chi connectivity index (χ2v) is 6.21. The van der Waals surface area contributed by atoms with E-state index in [1.807, 2.05) is 11.3 Å². The van der Waals surface area contributed by atoms with E-state index in [0.29, 0.717) is 6.04 Å². The molecule has 0 spiro atoms. The Hall–Kier alpha value is -1.13. The normalized spacial score (nSPS) is 14.4. The lowest BCUT2D eigenvalue weighted by Gasteiger charge is -2.06. The predicted molar refractivity (Wildman–Crippen MR) is 73.8 cm³/mol. The van der Waals surface area contributed by atoms with Crippen molar-refractivity contribution in [2.45, 2.75) is 45.7 Å². The van der Waals surface area contributed by atoms with Gasteiger partial charge < -0.3 is 9.73 Å². The number of hydrogen-bond donors (Lipinski definition) is 1. The lowest BCUT2D eigenvalue weighted by molar-refractivity contribution is 0.564. The van der Waals surface area contributed by atoms with E-state index in [-0.39, 0.29) is 0 Å². The van der Waals surface area contributed by atoms with Gasteiger partial charge in [-0.25, -0.2) is 4.98 Å². The van der Waals surface area contributed by atoms with Crippen molar-refractivity contribution < 1.29 is 4.42 Å². The number of hydrogen-bond acceptors (Lipinski definition) is 4. The molecule has 1 aliphatic carbocycles. The van der Waals surface area contributed by atoms with Crippen molar-refractivity contribution in [3.63, 3.8) is 0 Å². The van der Waals surface area contributed by atoms with Crippen LogP contribution in [-0.4, -0.2) is 11.0 Å². The van der Waals surface area contributed by atoms with E-state index in [9.17, 15) is 0 Å². The SMILES string of the molecule is CC(C)NCc1ncoc1-c1cc2c(s1)CCC2. The highest BCUT2D eigenvalue weighted by Crippen LogP contribution is 2.37. The molecule has 1 aliphatic rings. The lowest BCUT2D eigenvalue weighted by atomic mass is 10.2. The van der Waals surface area contributed by atoms with E-state index in [0.717, 1.165) is 18.0 Å². The summed E-state index contributed by atoms with van der Waals surface area (Å²) in [6, 6.07) is 2.75. The summed E-state index contributed by atoms with van der Waals surface area (Å²) in [5, 5.41) is 3.39. The molecule has 0 aliphatic heterocycles. The Bertz CT molecular complexity index is 520. The van der Waals surface area contributed by atoms with Gasteiger partial charge in [0.15, 0.2) is 12.2 Å². The first-order chi connectivity index (χ1) is 8.74. The van der Waals surface area contributed by atoms with E-state index in [2.05, 4.69) is 30.2 Å². The van der Waals surface area contributed by atoms with Gasteiger partial charge in [0.2, 0.25) is 0 Å². The number of fused-ring (bicyclic) bond motifs is 1. The molecule has 0 amide bonds. The highest BCUT2D eigenvalue weighted by atomic mass is 32.1. The van der Waals surface area contributed by atoms with Gasteiger partial charge >= 0.3 is 0 Å². The zero-order valence-electron chi connectivity index (χ0n) is 10.8. The summed E-state index contributed by atoms with van der Waals surface area (Å²) in [5.41, 5.74) is 2.53. The zero-order valence-corrected chi connectivity index (χ0v) is 11.6. The number of aromatic nitrogens is 1. The van der Waals surface area contributed by atoms with Crippen LogP contribution in [0.1, 0.15) is 36.4 Å². The second kappa shape index (κ2) is 4.86. The van der Waals surface area contributed by atoms with Gasteiger partial charge in [0.05, 0.1) is 4.88 Å². The Morgan fingerprint density at radius 3 is 3.11 bits per heavy atom. The van der Waals surface area contributed by atoms with Crippen LogP contribution in [0.5, 0.6) is 0 Å². The van der Waals surface area contributed by atoms with Gasteiger partial charge in [0.1, 0.15) is 5.69 Å². The fraction of sp³-hybridized carbons (Fsp3) is 0.500. The number of nitrogens with zero attached hydrogens (tertiary/aromatic N) is 1. The molecule has 0 atom stereocenters. The summed E-state index contributed by atoms with van der Waals surface area (Å²) in [6.45, 7) is 5.05. The maximum absolute atomic E-state index is 5.58. The first kappa shape index (κ1) is 11.9. The van der Waals surface area contributed by atoms with Crippen LogP contribution in [-0.2, 0) is 19.4 Å². The molecule has 96 valence electrons. The number of thiophene rings is 1. The van der Waals surface area contributed by atoms with E-state index < -0.39 is 0 Å². The average molecular weight is 262 g/mol. The van der Waals surface area contributed by atoms with Crippen molar-refractivity contribution in [3.05, 3.63) is 28.6 Å². The molecular weight excluding hydrogens is 244 g/mol. The van der Waals surface area contributed by atoms with Crippen LogP contribution in [0.25, 0.3) is 10.6 Å². The molecule has 2 heterocycles. The summed E-state index contributed by atoms with van der Waals surface area (Å²) in [4.78, 5) is 7.09. The molecule has 0 saturated heterocycles. The fourth-order valence-corrected chi connectivity index (χ4v) is 3.60. The Labute approximate surface area is 111 Å². The van der Waals surface area contributed by atoms with E-state index in [1.165, 1.54) is 34.6 Å². The van der Waals surface area contributed by atoms with Crippen LogP contribution in [0.15, 0.2) is 16.9 Å². The van der Waals surface area contributed by atoms with Gasteiger partial charge in [-0.15, -0.1) is 11.3 Å². The Morgan fingerprint density at radius 1 is 1.44 bits per heavy atom. The maximum atomic E-state index is 5.58. The molecule has 2 aromatic heterocycles. The van der Waals surface area contributed by atoms with E-state index in [4.69, 9.17) is 4.42 Å². The molecular formula is C14H18N2OS. The van der Waals surface area contributed by atoms with Crippen molar-refractivity contribution in [1.29, 1.82) is 0 Å². The fourth-order valence-electron chi connectivity index (χ4n) is 2.34. The van der Waals surface area contributed by atoms with E-state index >= 15 is 0 Å². The summed E-state index contributed by atoms with van der Waals surface area (Å²) in [7, 11) is 0. The molecule has 0 aromatic carbocycles. The highest BCUT2D eigenvalue weighted by molar-refractivity contribution is 7.15. The monoisotopic (exact) mass is 262 g/mol. The molecule has 0 unspecified atom stereocenters. The van der Waals surface area contributed by atoms with Crippen molar-refractivity contribution in [3.8, 4) is 10.6 Å². The summed E-state index contributed by atoms with van der Waals surface area (Å²) in [6.07, 6.45) is 5.31. The van der Waals surface area contributed by atoms with Gasteiger partial charge in [0.25, 0.3) is 0 Å². The predicted octanol–water partition coefficient (Wildman–Crippen LogP) is 3.39. The van der Waals surface area contributed by atoms with Crippen molar-refractivity contribution in [1.82, 2.24) is 10.3 Å². The minimum absolute atomic E-state index is 0.461. The van der Waals surface area contributed by atoms with Crippen LogP contribution in [0.3, 0.4) is 0 Å². The van der Waals surface area contributed by atoms with Crippen LogP contribution in [0.4, 0.5) is 0 Å². The van der Waals surface area contributed by atoms with Crippen LogP contribution >= 0.6 is 11.3 Å². The smallest absolute Gasteiger partial charge is 0.181 e. The number of aryl methyl sites for hydroxylation is 2. The molecule has 3 rings (SSSR count). The topological polar surface area (TPSA) is 38.1 Å². The number of oxazole rings is 1. The number of nitrogens with one attached hydrogen (secondary N) is 1. The maximum Gasteiger partial charge on any atom is 0.181 e. The molecule has 0 bridgehead atoms. The van der Waals surface area contributed by atoms with Gasteiger partial charge in [0, 0.05) is 17.5 Å². The van der Waals surface area contributed by atoms with Gasteiger partial charge in [-0.3, -0.25) is 0 Å². The van der Waals surface area contributed by atoms with Crippen LogP contribution in [0, 0.1) is 0 Å². The quantitative estimate of drug-likeness (QED) is 0.917. The number of rotatable bonds is 4. The molecule has 2 aromatic rings. The third kappa shape index (κ3) is 2.22. The van der Waals surface area contributed by atoms with Gasteiger partial charge in [-0.1, -0.05) is 13.8 Å². The van der Waals surface area contributed by atoms with E-state index in [1.54, 1.807) is 6.39 Å². The first-order valence-corrected chi connectivity index (χ1v) is 7.33. The van der Waals surface area contributed by atoms with Crippen molar-refractivity contribution >= 4 is 11.3 Å². The second-order valence-electron chi connectivity index (χ2n) is 5.08. The Morgan fingerprint density at radius 2 is 2.33 bits per heavy atom. The molecule has 0 saturated carbocycles. The third-order valence-corrected chi connectivity index (χ3v) is 4.53. The lowest BCUT2D eigenvalue weighted by Crippen LogP contribution is -2.22. The molecule has 0 radical (unpaired) electrons. The van der Waals surface area contributed by atoms with Crippen molar-refractivity contribution in [2.75, 3.05) is 0 Å². The minimum Gasteiger partial charge on any atom is -0.442 e. The van der Waals surface area contributed by atoms with Crippen LogP contribution in [0.2, 0.25) is 0 Å². The molecule has 18 heavy (non-hydrogen) atoms. The standard InChI is InChI=1S/C14H18N2OS/c1-9(2)15-7-11-14(17-8-16-11)13-6-10-4-3-5-12(10)18-13/h6,8-9,15H,3-5,7H2,1-2H3. The van der Waals surface area contributed by atoms with Gasteiger partial charge in [-0.2, -0.15) is 0 Å². The first-order valence-electron chi connectivity index (χ1n) is 6.51. The van der Waals surface area contributed by atoms with Crippen molar-refractivity contribution in [2.24, 2.45) is 0 Å². The van der Waals surface area contributed by atoms with Crippen LogP contribution < -0.4 is 5.32 Å². The molecule has 3 nitrogen and oxygen atoms in total. The van der Waals surface area contributed by atoms with Gasteiger partial charge in [-0.05, 0) is 30.9 Å². The third-order valence-electron chi connectivity index (χ3n) is 3.29. The summed E-state index contributed by atoms with van der Waals surface area (Å²) >= 11 is 1.87. The summed E-state index contributed by atoms with van der Waals surface area (Å²) < 4.78 is 5.58. The highest BCUT2D eigenvalue weighted by Gasteiger charge is 2.19. The molecule has 1 N–H and O–H groups in total. The molecule has 0 fully saturated rings. The molecule has 4 heteroatoms. The minimum atomic E-state index is 0.461. The average Bonchev–Trinajstić information content (AvgIpc) is 3.00.